The lowest BCUT2D eigenvalue weighted by molar-refractivity contribution is -0.135. The van der Waals surface area contributed by atoms with Gasteiger partial charge < -0.3 is 14.6 Å². The van der Waals surface area contributed by atoms with Gasteiger partial charge in [-0.15, -0.1) is 11.8 Å². The maximum atomic E-state index is 13.8. The van der Waals surface area contributed by atoms with Crippen LogP contribution in [-0.4, -0.2) is 40.8 Å². The van der Waals surface area contributed by atoms with Crippen molar-refractivity contribution in [1.82, 2.24) is 10.2 Å². The standard InChI is InChI=1S/C19H21FN2O3S/c1-12-14(7-8-25-12)10-22(2)19(24)16-11-26-17(18(23)21-16)9-13-5-3-4-6-15(13)20/h3-8,16-17H,9-11H2,1-2H3,(H,21,23)/t16-,17-/m0/s1. The molecule has 1 N–H and O–H groups in total. The molecule has 1 fully saturated rings. The molecular formula is C19H21FN2O3S. The summed E-state index contributed by atoms with van der Waals surface area (Å²) in [6.07, 6.45) is 1.91. The lowest BCUT2D eigenvalue weighted by Crippen LogP contribution is -2.54. The summed E-state index contributed by atoms with van der Waals surface area (Å²) in [5.41, 5.74) is 1.45. The third-order valence-corrected chi connectivity index (χ3v) is 5.79. The summed E-state index contributed by atoms with van der Waals surface area (Å²) < 4.78 is 19.0. The minimum atomic E-state index is -0.568. The molecule has 0 unspecified atom stereocenters. The number of rotatable bonds is 5. The molecule has 0 aliphatic carbocycles. The molecule has 2 atom stereocenters. The summed E-state index contributed by atoms with van der Waals surface area (Å²) >= 11 is 1.40. The molecule has 0 bridgehead atoms. The van der Waals surface area contributed by atoms with Crippen molar-refractivity contribution in [3.8, 4) is 0 Å². The van der Waals surface area contributed by atoms with E-state index in [2.05, 4.69) is 5.32 Å². The number of amides is 2. The zero-order valence-corrected chi connectivity index (χ0v) is 15.5. The van der Waals surface area contributed by atoms with E-state index in [0.29, 0.717) is 24.3 Å². The van der Waals surface area contributed by atoms with Crippen LogP contribution in [0.1, 0.15) is 16.9 Å². The Morgan fingerprint density at radius 3 is 2.77 bits per heavy atom. The van der Waals surface area contributed by atoms with E-state index in [1.807, 2.05) is 13.0 Å². The van der Waals surface area contributed by atoms with Gasteiger partial charge in [0.05, 0.1) is 11.5 Å². The second kappa shape index (κ2) is 7.95. The molecule has 0 radical (unpaired) electrons. The van der Waals surface area contributed by atoms with E-state index in [0.717, 1.165) is 11.3 Å². The number of likely N-dealkylation sites (N-methyl/N-ethyl adjacent to an activating group) is 1. The number of thioether (sulfide) groups is 1. The molecule has 2 aromatic rings. The van der Waals surface area contributed by atoms with Gasteiger partial charge in [0, 0.05) is 24.9 Å². The van der Waals surface area contributed by atoms with Crippen LogP contribution in [0.4, 0.5) is 4.39 Å². The molecule has 0 saturated carbocycles. The number of furan rings is 1. The summed E-state index contributed by atoms with van der Waals surface area (Å²) in [4.78, 5) is 26.6. The Balaban J connectivity index is 1.57. The zero-order valence-electron chi connectivity index (χ0n) is 14.7. The van der Waals surface area contributed by atoms with Gasteiger partial charge in [-0.2, -0.15) is 0 Å². The molecular weight excluding hydrogens is 355 g/mol. The summed E-state index contributed by atoms with van der Waals surface area (Å²) in [6, 6.07) is 7.71. The van der Waals surface area contributed by atoms with Gasteiger partial charge in [0.15, 0.2) is 0 Å². The molecule has 1 aliphatic heterocycles. The van der Waals surface area contributed by atoms with Gasteiger partial charge in [0.2, 0.25) is 11.8 Å². The third-order valence-electron chi connectivity index (χ3n) is 4.48. The normalized spacial score (nSPS) is 19.9. The number of nitrogens with one attached hydrogen (secondary N) is 1. The molecule has 1 saturated heterocycles. The second-order valence-corrected chi connectivity index (χ2v) is 7.61. The number of hydrogen-bond acceptors (Lipinski definition) is 4. The maximum absolute atomic E-state index is 13.8. The largest absolute Gasteiger partial charge is 0.469 e. The van der Waals surface area contributed by atoms with Crippen molar-refractivity contribution in [3.05, 3.63) is 59.3 Å². The van der Waals surface area contributed by atoms with Crippen molar-refractivity contribution < 1.29 is 18.4 Å². The molecule has 138 valence electrons. The van der Waals surface area contributed by atoms with E-state index in [1.165, 1.54) is 17.8 Å². The second-order valence-electron chi connectivity index (χ2n) is 6.38. The smallest absolute Gasteiger partial charge is 0.246 e. The Morgan fingerprint density at radius 2 is 2.12 bits per heavy atom. The van der Waals surface area contributed by atoms with Crippen LogP contribution in [0.2, 0.25) is 0 Å². The number of benzene rings is 1. The minimum absolute atomic E-state index is 0.143. The van der Waals surface area contributed by atoms with Crippen LogP contribution in [0.15, 0.2) is 41.0 Å². The lowest BCUT2D eigenvalue weighted by atomic mass is 10.1. The van der Waals surface area contributed by atoms with Gasteiger partial charge in [-0.05, 0) is 31.0 Å². The average molecular weight is 376 g/mol. The van der Waals surface area contributed by atoms with E-state index in [1.54, 1.807) is 36.4 Å². The first-order valence-corrected chi connectivity index (χ1v) is 9.44. The Hall–Kier alpha value is -2.28. The van der Waals surface area contributed by atoms with Crippen molar-refractivity contribution in [2.24, 2.45) is 0 Å². The first kappa shape index (κ1) is 18.5. The van der Waals surface area contributed by atoms with Crippen LogP contribution in [0, 0.1) is 12.7 Å². The van der Waals surface area contributed by atoms with Crippen molar-refractivity contribution in [2.45, 2.75) is 31.2 Å². The van der Waals surface area contributed by atoms with Crippen LogP contribution in [0.25, 0.3) is 0 Å². The van der Waals surface area contributed by atoms with Gasteiger partial charge in [-0.3, -0.25) is 9.59 Å². The monoisotopic (exact) mass is 376 g/mol. The first-order valence-electron chi connectivity index (χ1n) is 8.39. The number of nitrogens with zero attached hydrogens (tertiary/aromatic N) is 1. The molecule has 7 heteroatoms. The summed E-state index contributed by atoms with van der Waals surface area (Å²) in [5.74, 6) is 0.566. The van der Waals surface area contributed by atoms with Crippen LogP contribution < -0.4 is 5.32 Å². The number of carbonyl (C=O) groups is 2. The Morgan fingerprint density at radius 1 is 1.35 bits per heavy atom. The summed E-state index contributed by atoms with van der Waals surface area (Å²) in [5, 5.41) is 2.39. The van der Waals surface area contributed by atoms with E-state index >= 15 is 0 Å². The average Bonchev–Trinajstić information content (AvgIpc) is 3.02. The Bertz CT molecular complexity index is 808. The molecule has 1 aliphatic rings. The van der Waals surface area contributed by atoms with Gasteiger partial charge >= 0.3 is 0 Å². The van der Waals surface area contributed by atoms with E-state index in [-0.39, 0.29) is 17.6 Å². The van der Waals surface area contributed by atoms with Gasteiger partial charge in [0.1, 0.15) is 17.6 Å². The fourth-order valence-corrected chi connectivity index (χ4v) is 4.08. The number of halogens is 1. The van der Waals surface area contributed by atoms with E-state index < -0.39 is 11.3 Å². The van der Waals surface area contributed by atoms with Gasteiger partial charge in [0.25, 0.3) is 0 Å². The van der Waals surface area contributed by atoms with Crippen molar-refractivity contribution in [1.29, 1.82) is 0 Å². The molecule has 2 amide bonds. The Kier molecular flexibility index (Phi) is 5.66. The van der Waals surface area contributed by atoms with Crippen LogP contribution in [0.3, 0.4) is 0 Å². The lowest BCUT2D eigenvalue weighted by Gasteiger charge is -2.30. The topological polar surface area (TPSA) is 62.6 Å². The van der Waals surface area contributed by atoms with Crippen LogP contribution >= 0.6 is 11.8 Å². The molecule has 2 heterocycles. The van der Waals surface area contributed by atoms with Gasteiger partial charge in [-0.1, -0.05) is 18.2 Å². The predicted molar refractivity (Wildman–Crippen MR) is 98.2 cm³/mol. The fourth-order valence-electron chi connectivity index (χ4n) is 2.92. The highest BCUT2D eigenvalue weighted by atomic mass is 32.2. The quantitative estimate of drug-likeness (QED) is 0.871. The molecule has 5 nitrogen and oxygen atoms in total. The van der Waals surface area contributed by atoms with E-state index in [4.69, 9.17) is 4.42 Å². The van der Waals surface area contributed by atoms with E-state index in [9.17, 15) is 14.0 Å². The maximum Gasteiger partial charge on any atom is 0.246 e. The van der Waals surface area contributed by atoms with Crippen molar-refractivity contribution in [3.63, 3.8) is 0 Å². The third kappa shape index (κ3) is 4.09. The van der Waals surface area contributed by atoms with Crippen LogP contribution in [-0.2, 0) is 22.6 Å². The van der Waals surface area contributed by atoms with Crippen LogP contribution in [0.5, 0.6) is 0 Å². The van der Waals surface area contributed by atoms with Gasteiger partial charge in [-0.25, -0.2) is 4.39 Å². The minimum Gasteiger partial charge on any atom is -0.469 e. The molecule has 26 heavy (non-hydrogen) atoms. The fraction of sp³-hybridized carbons (Fsp3) is 0.368. The summed E-state index contributed by atoms with van der Waals surface area (Å²) in [6.45, 7) is 2.27. The summed E-state index contributed by atoms with van der Waals surface area (Å²) in [7, 11) is 1.71. The number of carbonyl (C=O) groups excluding carboxylic acids is 2. The first-order chi connectivity index (χ1) is 12.5. The zero-order chi connectivity index (χ0) is 18.7. The molecule has 3 rings (SSSR count). The number of aryl methyl sites for hydroxylation is 1. The molecule has 1 aromatic heterocycles. The number of hydrogen-bond donors (Lipinski definition) is 1. The van der Waals surface area contributed by atoms with Crippen molar-refractivity contribution in [2.75, 3.05) is 12.8 Å². The predicted octanol–water partition coefficient (Wildman–Crippen LogP) is 2.53. The SMILES string of the molecule is Cc1occc1CN(C)C(=O)[C@@H]1CS[C@@H](Cc2ccccc2F)C(=O)N1. The molecule has 0 spiro atoms. The highest BCUT2D eigenvalue weighted by molar-refractivity contribution is 8.00. The Labute approximate surface area is 155 Å². The van der Waals surface area contributed by atoms with Crippen molar-refractivity contribution >= 4 is 23.6 Å². The highest BCUT2D eigenvalue weighted by Gasteiger charge is 2.34. The molecule has 1 aromatic carbocycles. The highest BCUT2D eigenvalue weighted by Crippen LogP contribution is 2.24.